The molecule has 70 valence electrons. The smallest absolute Gasteiger partial charge is 0.141 e. The molecule has 1 atom stereocenters. The average molecular weight is 199 g/mol. The number of nitrogens with zero attached hydrogens (tertiary/aromatic N) is 1. The summed E-state index contributed by atoms with van der Waals surface area (Å²) in [6.07, 6.45) is 4.57. The van der Waals surface area contributed by atoms with Gasteiger partial charge in [-0.2, -0.15) is 0 Å². The fourth-order valence-electron chi connectivity index (χ4n) is 1.37. The Hall–Kier alpha value is -0.800. The molecule has 1 fully saturated rings. The number of pyridine rings is 1. The molecule has 0 unspecified atom stereocenters. The number of ether oxygens (including phenoxy) is 1. The molecule has 1 N–H and O–H groups in total. The quantitative estimate of drug-likeness (QED) is 0.782. The minimum atomic E-state index is 0.250. The molecule has 0 amide bonds. The molecule has 0 bridgehead atoms. The van der Waals surface area contributed by atoms with Gasteiger partial charge in [0.15, 0.2) is 0 Å². The zero-order valence-corrected chi connectivity index (χ0v) is 7.92. The van der Waals surface area contributed by atoms with Gasteiger partial charge in [0.1, 0.15) is 16.9 Å². The van der Waals surface area contributed by atoms with E-state index in [1.54, 1.807) is 18.5 Å². The summed E-state index contributed by atoms with van der Waals surface area (Å²) in [6, 6.07) is 1.79. The van der Waals surface area contributed by atoms with Crippen LogP contribution in [-0.2, 0) is 0 Å². The zero-order chi connectivity index (χ0) is 9.10. The monoisotopic (exact) mass is 198 g/mol. The molecule has 1 aromatic rings. The first-order valence-electron chi connectivity index (χ1n) is 4.33. The van der Waals surface area contributed by atoms with Crippen LogP contribution in [0.1, 0.15) is 6.42 Å². The number of aromatic nitrogens is 1. The van der Waals surface area contributed by atoms with E-state index >= 15 is 0 Å². The van der Waals surface area contributed by atoms with Crippen LogP contribution in [0.25, 0.3) is 0 Å². The molecule has 2 rings (SSSR count). The molecule has 1 saturated heterocycles. The molecule has 0 spiro atoms. The van der Waals surface area contributed by atoms with Crippen molar-refractivity contribution in [3.63, 3.8) is 0 Å². The van der Waals surface area contributed by atoms with Crippen molar-refractivity contribution in [1.82, 2.24) is 10.3 Å². The van der Waals surface area contributed by atoms with E-state index in [4.69, 9.17) is 16.3 Å². The Morgan fingerprint density at radius 3 is 3.23 bits per heavy atom. The Morgan fingerprint density at radius 2 is 2.54 bits per heavy atom. The third-order valence-corrected chi connectivity index (χ3v) is 2.33. The molecular weight excluding hydrogens is 188 g/mol. The molecule has 3 nitrogen and oxygen atoms in total. The van der Waals surface area contributed by atoms with Crippen molar-refractivity contribution in [2.75, 3.05) is 13.1 Å². The fraction of sp³-hybridized carbons (Fsp3) is 0.444. The van der Waals surface area contributed by atoms with Crippen molar-refractivity contribution in [2.24, 2.45) is 0 Å². The highest BCUT2D eigenvalue weighted by molar-refractivity contribution is 6.31. The van der Waals surface area contributed by atoms with Gasteiger partial charge in [-0.25, -0.2) is 0 Å². The highest BCUT2D eigenvalue weighted by Gasteiger charge is 2.16. The summed E-state index contributed by atoms with van der Waals surface area (Å²) in [5.74, 6) is 0.727. The fourth-order valence-corrected chi connectivity index (χ4v) is 1.53. The molecule has 0 aliphatic carbocycles. The lowest BCUT2D eigenvalue weighted by Gasteiger charge is -2.12. The Kier molecular flexibility index (Phi) is 2.66. The predicted octanol–water partition coefficient (Wildman–Crippen LogP) is 1.48. The first kappa shape index (κ1) is 8.78. The predicted molar refractivity (Wildman–Crippen MR) is 51.1 cm³/mol. The van der Waals surface area contributed by atoms with Crippen molar-refractivity contribution in [2.45, 2.75) is 12.5 Å². The SMILES string of the molecule is Clc1cnccc1O[C@H]1CCNC1. The van der Waals surface area contributed by atoms with Gasteiger partial charge >= 0.3 is 0 Å². The number of hydrogen-bond donors (Lipinski definition) is 1. The van der Waals surface area contributed by atoms with Crippen LogP contribution in [0.15, 0.2) is 18.5 Å². The molecule has 1 aliphatic heterocycles. The van der Waals surface area contributed by atoms with Gasteiger partial charge in [-0.05, 0) is 13.0 Å². The second-order valence-corrected chi connectivity index (χ2v) is 3.45. The van der Waals surface area contributed by atoms with E-state index in [1.807, 2.05) is 0 Å². The van der Waals surface area contributed by atoms with E-state index in [1.165, 1.54) is 0 Å². The van der Waals surface area contributed by atoms with Crippen molar-refractivity contribution >= 4 is 11.6 Å². The van der Waals surface area contributed by atoms with Crippen LogP contribution in [0.2, 0.25) is 5.02 Å². The van der Waals surface area contributed by atoms with E-state index in [2.05, 4.69) is 10.3 Å². The Labute approximate surface area is 82.1 Å². The van der Waals surface area contributed by atoms with Crippen molar-refractivity contribution in [3.8, 4) is 5.75 Å². The van der Waals surface area contributed by atoms with Gasteiger partial charge in [-0.1, -0.05) is 11.6 Å². The maximum atomic E-state index is 5.89. The van der Waals surface area contributed by atoms with Gasteiger partial charge in [-0.3, -0.25) is 4.98 Å². The average Bonchev–Trinajstić information content (AvgIpc) is 2.61. The molecule has 0 saturated carbocycles. The molecule has 0 aromatic carbocycles. The second-order valence-electron chi connectivity index (χ2n) is 3.04. The molecular formula is C9H11ClN2O. The Bertz CT molecular complexity index is 287. The largest absolute Gasteiger partial charge is 0.487 e. The molecule has 2 heterocycles. The second kappa shape index (κ2) is 3.94. The van der Waals surface area contributed by atoms with Crippen LogP contribution < -0.4 is 10.1 Å². The van der Waals surface area contributed by atoms with Crippen LogP contribution in [0.3, 0.4) is 0 Å². The van der Waals surface area contributed by atoms with E-state index in [9.17, 15) is 0 Å². The van der Waals surface area contributed by atoms with E-state index in [0.29, 0.717) is 5.02 Å². The van der Waals surface area contributed by atoms with Gasteiger partial charge in [0, 0.05) is 25.0 Å². The van der Waals surface area contributed by atoms with Crippen molar-refractivity contribution < 1.29 is 4.74 Å². The van der Waals surface area contributed by atoms with Gasteiger partial charge in [0.2, 0.25) is 0 Å². The molecule has 1 aliphatic rings. The van der Waals surface area contributed by atoms with Gasteiger partial charge in [0.25, 0.3) is 0 Å². The van der Waals surface area contributed by atoms with Crippen LogP contribution in [0.5, 0.6) is 5.75 Å². The highest BCUT2D eigenvalue weighted by Crippen LogP contribution is 2.24. The third kappa shape index (κ3) is 2.11. The van der Waals surface area contributed by atoms with Crippen LogP contribution in [0, 0.1) is 0 Å². The van der Waals surface area contributed by atoms with E-state index in [-0.39, 0.29) is 6.10 Å². The van der Waals surface area contributed by atoms with Crippen molar-refractivity contribution in [3.05, 3.63) is 23.5 Å². The Balaban J connectivity index is 2.04. The standard InChI is InChI=1S/C9H11ClN2O/c10-8-6-12-4-2-9(8)13-7-1-3-11-5-7/h2,4,6-7,11H,1,3,5H2/t7-/m0/s1. The van der Waals surface area contributed by atoms with Gasteiger partial charge < -0.3 is 10.1 Å². The lowest BCUT2D eigenvalue weighted by atomic mass is 10.3. The lowest BCUT2D eigenvalue weighted by Crippen LogP contribution is -2.19. The number of rotatable bonds is 2. The van der Waals surface area contributed by atoms with Crippen molar-refractivity contribution in [1.29, 1.82) is 0 Å². The van der Waals surface area contributed by atoms with Gasteiger partial charge in [0.05, 0.1) is 0 Å². The molecule has 4 heteroatoms. The first-order valence-corrected chi connectivity index (χ1v) is 4.71. The summed E-state index contributed by atoms with van der Waals surface area (Å²) in [6.45, 7) is 1.92. The third-order valence-electron chi connectivity index (χ3n) is 2.04. The van der Waals surface area contributed by atoms with Crippen LogP contribution >= 0.6 is 11.6 Å². The maximum absolute atomic E-state index is 5.89. The molecule has 13 heavy (non-hydrogen) atoms. The lowest BCUT2D eigenvalue weighted by molar-refractivity contribution is 0.223. The summed E-state index contributed by atoms with van der Waals surface area (Å²) in [5, 5.41) is 3.81. The Morgan fingerprint density at radius 1 is 1.62 bits per heavy atom. The highest BCUT2D eigenvalue weighted by atomic mass is 35.5. The minimum absolute atomic E-state index is 0.250. The summed E-state index contributed by atoms with van der Waals surface area (Å²) in [7, 11) is 0. The maximum Gasteiger partial charge on any atom is 0.141 e. The van der Waals surface area contributed by atoms with Crippen LogP contribution in [-0.4, -0.2) is 24.2 Å². The summed E-state index contributed by atoms with van der Waals surface area (Å²) < 4.78 is 5.67. The summed E-state index contributed by atoms with van der Waals surface area (Å²) >= 11 is 5.89. The zero-order valence-electron chi connectivity index (χ0n) is 7.16. The normalized spacial score (nSPS) is 21.8. The first-order chi connectivity index (χ1) is 6.36. The van der Waals surface area contributed by atoms with E-state index in [0.717, 1.165) is 25.3 Å². The number of halogens is 1. The summed E-state index contributed by atoms with van der Waals surface area (Å²) in [5.41, 5.74) is 0. The molecule has 1 aromatic heterocycles. The summed E-state index contributed by atoms with van der Waals surface area (Å²) in [4.78, 5) is 3.89. The minimum Gasteiger partial charge on any atom is -0.487 e. The number of hydrogen-bond acceptors (Lipinski definition) is 3. The molecule has 0 radical (unpaired) electrons. The number of nitrogens with one attached hydrogen (secondary N) is 1. The van der Waals surface area contributed by atoms with Gasteiger partial charge in [-0.15, -0.1) is 0 Å². The van der Waals surface area contributed by atoms with Crippen LogP contribution in [0.4, 0.5) is 0 Å². The topological polar surface area (TPSA) is 34.1 Å². The van der Waals surface area contributed by atoms with E-state index < -0.39 is 0 Å².